The summed E-state index contributed by atoms with van der Waals surface area (Å²) in [5, 5.41) is 15.3. The normalized spacial score (nSPS) is 12.7. The zero-order valence-electron chi connectivity index (χ0n) is 13.6. The monoisotopic (exact) mass is 331 g/mol. The Morgan fingerprint density at radius 3 is 2.52 bits per heavy atom. The molecule has 0 fully saturated rings. The van der Waals surface area contributed by atoms with Crippen LogP contribution in [0.25, 0.3) is 0 Å². The quantitative estimate of drug-likeness (QED) is 0.729. The van der Waals surface area contributed by atoms with Gasteiger partial charge in [-0.05, 0) is 12.3 Å². The fraction of sp³-hybridized carbons (Fsp3) is 0.667. The molecule has 0 aliphatic heterocycles. The molecule has 23 heavy (non-hydrogen) atoms. The van der Waals surface area contributed by atoms with Gasteiger partial charge in [-0.2, -0.15) is 5.10 Å². The number of nitrogens with zero attached hydrogens (tertiary/aromatic N) is 2. The van der Waals surface area contributed by atoms with Crippen LogP contribution in [-0.4, -0.2) is 32.8 Å². The molecule has 0 aromatic carbocycles. The Kier molecular flexibility index (Phi) is 7.12. The number of carbonyl (C=O) groups excluding carboxylic acids is 1. The molecule has 0 aliphatic rings. The van der Waals surface area contributed by atoms with Gasteiger partial charge in [-0.1, -0.05) is 33.6 Å². The third-order valence-corrected chi connectivity index (χ3v) is 3.32. The molecule has 1 aromatic heterocycles. The first kappa shape index (κ1) is 19.1. The number of carboxylic acids is 1. The van der Waals surface area contributed by atoms with Crippen LogP contribution < -0.4 is 5.32 Å². The molecule has 1 heterocycles. The van der Waals surface area contributed by atoms with Gasteiger partial charge in [-0.3, -0.25) is 9.48 Å². The maximum absolute atomic E-state index is 13.3. The highest BCUT2D eigenvalue weighted by Gasteiger charge is 2.27. The lowest BCUT2D eigenvalue weighted by Crippen LogP contribution is -2.41. The summed E-state index contributed by atoms with van der Waals surface area (Å²) in [6.07, 6.45) is -0.157. The van der Waals surface area contributed by atoms with Crippen molar-refractivity contribution in [1.82, 2.24) is 15.1 Å². The number of hydrogen-bond acceptors (Lipinski definition) is 3. The molecule has 1 amide bonds. The fourth-order valence-corrected chi connectivity index (χ4v) is 2.19. The lowest BCUT2D eigenvalue weighted by molar-refractivity contribution is -0.139. The second-order valence-electron chi connectivity index (χ2n) is 5.83. The minimum Gasteiger partial charge on any atom is -0.480 e. The predicted molar refractivity (Wildman–Crippen MR) is 80.4 cm³/mol. The van der Waals surface area contributed by atoms with Crippen LogP contribution in [0.2, 0.25) is 0 Å². The van der Waals surface area contributed by atoms with Crippen molar-refractivity contribution in [1.29, 1.82) is 0 Å². The maximum atomic E-state index is 13.3. The Morgan fingerprint density at radius 2 is 2.04 bits per heavy atom. The highest BCUT2D eigenvalue weighted by Crippen LogP contribution is 2.24. The third kappa shape index (κ3) is 5.30. The van der Waals surface area contributed by atoms with E-state index >= 15 is 0 Å². The first-order chi connectivity index (χ1) is 10.8. The summed E-state index contributed by atoms with van der Waals surface area (Å²) in [7, 11) is 0. The van der Waals surface area contributed by atoms with E-state index in [-0.39, 0.29) is 24.4 Å². The van der Waals surface area contributed by atoms with Crippen LogP contribution in [0.1, 0.15) is 62.5 Å². The lowest BCUT2D eigenvalue weighted by Gasteiger charge is -2.15. The molecule has 0 radical (unpaired) electrons. The smallest absolute Gasteiger partial charge is 0.326 e. The van der Waals surface area contributed by atoms with E-state index < -0.39 is 30.0 Å². The molecule has 1 atom stereocenters. The van der Waals surface area contributed by atoms with Crippen molar-refractivity contribution in [3.63, 3.8) is 0 Å². The van der Waals surface area contributed by atoms with Gasteiger partial charge < -0.3 is 10.4 Å². The van der Waals surface area contributed by atoms with E-state index in [1.165, 1.54) is 0 Å². The van der Waals surface area contributed by atoms with Gasteiger partial charge in [-0.15, -0.1) is 0 Å². The number of nitrogens with one attached hydrogen (secondary N) is 1. The molecule has 6 nitrogen and oxygen atoms in total. The molecular weight excluding hydrogens is 308 g/mol. The molecule has 0 saturated carbocycles. The molecule has 2 N–H and O–H groups in total. The van der Waals surface area contributed by atoms with E-state index in [1.807, 2.05) is 20.8 Å². The zero-order valence-corrected chi connectivity index (χ0v) is 13.6. The molecule has 1 rings (SSSR count). The van der Waals surface area contributed by atoms with Crippen molar-refractivity contribution >= 4 is 11.9 Å². The Labute approximate surface area is 133 Å². The number of hydrogen-bond donors (Lipinski definition) is 2. The van der Waals surface area contributed by atoms with Gasteiger partial charge in [0.05, 0.1) is 11.8 Å². The molecule has 1 aromatic rings. The first-order valence-corrected chi connectivity index (χ1v) is 7.65. The summed E-state index contributed by atoms with van der Waals surface area (Å²) in [6, 6.07) is -1.10. The molecular formula is C15H23F2N3O3. The second-order valence-corrected chi connectivity index (χ2v) is 5.83. The summed E-state index contributed by atoms with van der Waals surface area (Å²) in [5.41, 5.74) is -0.751. The number of carbonyl (C=O) groups is 2. The second kappa shape index (κ2) is 8.59. The maximum Gasteiger partial charge on any atom is 0.326 e. The Bertz CT molecular complexity index is 544. The zero-order chi connectivity index (χ0) is 17.6. The van der Waals surface area contributed by atoms with Crippen LogP contribution in [0.15, 0.2) is 6.20 Å². The van der Waals surface area contributed by atoms with Crippen molar-refractivity contribution in [2.75, 3.05) is 0 Å². The van der Waals surface area contributed by atoms with Crippen LogP contribution in [0.5, 0.6) is 0 Å². The summed E-state index contributed by atoms with van der Waals surface area (Å²) < 4.78 is 27.7. The fourth-order valence-electron chi connectivity index (χ4n) is 2.19. The van der Waals surface area contributed by atoms with Gasteiger partial charge in [0.25, 0.3) is 12.3 Å². The van der Waals surface area contributed by atoms with Gasteiger partial charge in [-0.25, -0.2) is 13.6 Å². The standard InChI is InChI=1S/C15H23F2N3O3/c1-4-5-6-11(15(22)23)19-14(21)10-7-18-20(8-9(2)3)12(10)13(16)17/h7,9,11,13H,4-6,8H2,1-3H3,(H,19,21)(H,22,23)/t11-/m0/s1. The van der Waals surface area contributed by atoms with E-state index in [9.17, 15) is 18.4 Å². The van der Waals surface area contributed by atoms with E-state index in [4.69, 9.17) is 5.11 Å². The van der Waals surface area contributed by atoms with Gasteiger partial charge >= 0.3 is 5.97 Å². The number of carboxylic acid groups (broad SMARTS) is 1. The molecule has 0 aliphatic carbocycles. The van der Waals surface area contributed by atoms with Crippen molar-refractivity contribution < 1.29 is 23.5 Å². The van der Waals surface area contributed by atoms with Crippen LogP contribution in [0.3, 0.4) is 0 Å². The lowest BCUT2D eigenvalue weighted by atomic mass is 10.1. The van der Waals surface area contributed by atoms with Crippen LogP contribution >= 0.6 is 0 Å². The van der Waals surface area contributed by atoms with Gasteiger partial charge in [0.1, 0.15) is 11.7 Å². The van der Waals surface area contributed by atoms with Crippen molar-refractivity contribution in [3.8, 4) is 0 Å². The number of unbranched alkanes of at least 4 members (excludes halogenated alkanes) is 1. The summed E-state index contributed by atoms with van der Waals surface area (Å²) in [5.74, 6) is -1.93. The minimum atomic E-state index is -2.86. The number of aromatic nitrogens is 2. The van der Waals surface area contributed by atoms with Crippen LogP contribution in [0, 0.1) is 5.92 Å². The first-order valence-electron chi connectivity index (χ1n) is 7.65. The summed E-state index contributed by atoms with van der Waals surface area (Å²) >= 11 is 0. The SMILES string of the molecule is CCCC[C@H](NC(=O)c1cnn(CC(C)C)c1C(F)F)C(=O)O. The topological polar surface area (TPSA) is 84.2 Å². The van der Waals surface area contributed by atoms with Gasteiger partial charge in [0.2, 0.25) is 0 Å². The number of alkyl halides is 2. The molecule has 0 spiro atoms. The number of rotatable bonds is 9. The van der Waals surface area contributed by atoms with Crippen LogP contribution in [-0.2, 0) is 11.3 Å². The molecule has 0 bridgehead atoms. The van der Waals surface area contributed by atoms with E-state index in [1.54, 1.807) is 0 Å². The minimum absolute atomic E-state index is 0.0830. The number of halogens is 2. The largest absolute Gasteiger partial charge is 0.480 e. The summed E-state index contributed by atoms with van der Waals surface area (Å²) in [4.78, 5) is 23.3. The summed E-state index contributed by atoms with van der Waals surface area (Å²) in [6.45, 7) is 5.85. The highest BCUT2D eigenvalue weighted by atomic mass is 19.3. The Morgan fingerprint density at radius 1 is 1.39 bits per heavy atom. The Balaban J connectivity index is 2.98. The van der Waals surface area contributed by atoms with E-state index in [2.05, 4.69) is 10.4 Å². The van der Waals surface area contributed by atoms with Crippen molar-refractivity contribution in [2.24, 2.45) is 5.92 Å². The Hall–Kier alpha value is -1.99. The van der Waals surface area contributed by atoms with Gasteiger partial charge in [0, 0.05) is 6.54 Å². The van der Waals surface area contributed by atoms with E-state index in [0.29, 0.717) is 6.42 Å². The van der Waals surface area contributed by atoms with E-state index in [0.717, 1.165) is 17.3 Å². The average Bonchev–Trinajstić information content (AvgIpc) is 2.85. The number of amides is 1. The van der Waals surface area contributed by atoms with Crippen molar-refractivity contribution in [3.05, 3.63) is 17.5 Å². The molecule has 130 valence electrons. The molecule has 0 saturated heterocycles. The molecule has 8 heteroatoms. The molecule has 0 unspecified atom stereocenters. The average molecular weight is 331 g/mol. The van der Waals surface area contributed by atoms with Gasteiger partial charge in [0.15, 0.2) is 0 Å². The third-order valence-electron chi connectivity index (χ3n) is 3.32. The van der Waals surface area contributed by atoms with Crippen molar-refractivity contribution in [2.45, 2.75) is 59.0 Å². The predicted octanol–water partition coefficient (Wildman–Crippen LogP) is 2.85. The highest BCUT2D eigenvalue weighted by molar-refractivity contribution is 5.97. The van der Waals surface area contributed by atoms with Crippen LogP contribution in [0.4, 0.5) is 8.78 Å². The number of aliphatic carboxylic acids is 1.